The van der Waals surface area contributed by atoms with Crippen LogP contribution in [0.4, 0.5) is 0 Å². The molecule has 25 heavy (non-hydrogen) atoms. The second-order valence-electron chi connectivity index (χ2n) is 6.37. The van der Waals surface area contributed by atoms with E-state index < -0.39 is 5.97 Å². The monoisotopic (exact) mass is 397 g/mol. The quantitative estimate of drug-likeness (QED) is 0.723. The average molecular weight is 398 g/mol. The van der Waals surface area contributed by atoms with Crippen LogP contribution in [0.1, 0.15) is 41.1 Å². The molecule has 1 aromatic carbocycles. The minimum atomic E-state index is -0.690. The summed E-state index contributed by atoms with van der Waals surface area (Å²) in [5.41, 5.74) is 1.03. The van der Waals surface area contributed by atoms with Gasteiger partial charge in [-0.05, 0) is 62.2 Å². The molecule has 134 valence electrons. The van der Waals surface area contributed by atoms with Gasteiger partial charge in [-0.1, -0.05) is 36.2 Å². The number of rotatable bonds is 5. The summed E-state index contributed by atoms with van der Waals surface area (Å²) < 4.78 is 0. The number of piperidine rings is 1. The second kappa shape index (κ2) is 8.09. The summed E-state index contributed by atoms with van der Waals surface area (Å²) in [6, 6.07) is 10.0. The topological polar surface area (TPSA) is 40.5 Å². The van der Waals surface area contributed by atoms with Crippen molar-refractivity contribution in [2.24, 2.45) is 5.92 Å². The molecule has 0 aliphatic carbocycles. The molecule has 2 heterocycles. The minimum Gasteiger partial charge on any atom is -0.481 e. The summed E-state index contributed by atoms with van der Waals surface area (Å²) >= 11 is 14.4. The molecule has 1 aromatic heterocycles. The fourth-order valence-corrected chi connectivity index (χ4v) is 5.01. The lowest BCUT2D eigenvalue weighted by Gasteiger charge is -2.36. The van der Waals surface area contributed by atoms with Crippen molar-refractivity contribution in [1.82, 2.24) is 4.90 Å². The van der Waals surface area contributed by atoms with Gasteiger partial charge in [0.15, 0.2) is 0 Å². The molecule has 0 saturated carbocycles. The SMILES string of the molecule is CCc1ccc(C(c2ccc(Cl)cc2Cl)N2CCC(C(=O)O)CC2)s1. The van der Waals surface area contributed by atoms with Crippen molar-refractivity contribution in [3.8, 4) is 0 Å². The third-order valence-corrected chi connectivity index (χ3v) is 6.65. The van der Waals surface area contributed by atoms with E-state index in [1.807, 2.05) is 12.1 Å². The molecule has 0 amide bonds. The number of carbonyl (C=O) groups is 1. The highest BCUT2D eigenvalue weighted by Crippen LogP contribution is 2.39. The Kier molecular flexibility index (Phi) is 6.05. The predicted octanol–water partition coefficient (Wildman–Crippen LogP) is 5.50. The van der Waals surface area contributed by atoms with Gasteiger partial charge in [0, 0.05) is 19.8 Å². The molecule has 3 rings (SSSR count). The minimum absolute atomic E-state index is 0.0461. The molecular weight excluding hydrogens is 377 g/mol. The molecule has 3 nitrogen and oxygen atoms in total. The number of halogens is 2. The maximum absolute atomic E-state index is 11.3. The summed E-state index contributed by atoms with van der Waals surface area (Å²) in [4.78, 5) is 16.2. The standard InChI is InChI=1S/C19H21Cl2NO2S/c1-2-14-4-6-17(25-14)18(15-5-3-13(20)11-16(15)21)22-9-7-12(8-10-22)19(23)24/h3-6,11-12,18H,2,7-10H2,1H3,(H,23,24). The lowest BCUT2D eigenvalue weighted by molar-refractivity contribution is -0.143. The smallest absolute Gasteiger partial charge is 0.306 e. The number of thiophene rings is 1. The van der Waals surface area contributed by atoms with E-state index in [-0.39, 0.29) is 12.0 Å². The highest BCUT2D eigenvalue weighted by molar-refractivity contribution is 7.12. The molecule has 1 atom stereocenters. The Morgan fingerprint density at radius 2 is 2.00 bits per heavy atom. The van der Waals surface area contributed by atoms with E-state index in [1.165, 1.54) is 9.75 Å². The van der Waals surface area contributed by atoms with Crippen molar-refractivity contribution in [3.63, 3.8) is 0 Å². The highest BCUT2D eigenvalue weighted by atomic mass is 35.5. The van der Waals surface area contributed by atoms with Gasteiger partial charge in [-0.25, -0.2) is 0 Å². The van der Waals surface area contributed by atoms with Crippen LogP contribution in [-0.4, -0.2) is 29.1 Å². The first kappa shape index (κ1) is 18.7. The molecule has 1 aliphatic rings. The average Bonchev–Trinajstić information content (AvgIpc) is 3.06. The van der Waals surface area contributed by atoms with Crippen molar-refractivity contribution in [2.75, 3.05) is 13.1 Å². The van der Waals surface area contributed by atoms with Crippen LogP contribution < -0.4 is 0 Å². The van der Waals surface area contributed by atoms with Gasteiger partial charge < -0.3 is 5.11 Å². The van der Waals surface area contributed by atoms with Crippen molar-refractivity contribution in [3.05, 3.63) is 55.7 Å². The normalized spacial score (nSPS) is 17.6. The number of aryl methyl sites for hydroxylation is 1. The van der Waals surface area contributed by atoms with E-state index >= 15 is 0 Å². The molecule has 1 fully saturated rings. The molecule has 2 aromatic rings. The number of carboxylic acid groups (broad SMARTS) is 1. The third-order valence-electron chi connectivity index (χ3n) is 4.80. The van der Waals surface area contributed by atoms with Gasteiger partial charge in [0.05, 0.1) is 12.0 Å². The molecular formula is C19H21Cl2NO2S. The zero-order valence-corrected chi connectivity index (χ0v) is 16.4. The molecule has 1 saturated heterocycles. The first-order chi connectivity index (χ1) is 12.0. The lowest BCUT2D eigenvalue weighted by Crippen LogP contribution is -2.39. The molecule has 1 unspecified atom stereocenters. The first-order valence-corrected chi connectivity index (χ1v) is 10.1. The molecule has 1 aliphatic heterocycles. The maximum atomic E-state index is 11.3. The maximum Gasteiger partial charge on any atom is 0.306 e. The Labute approximate surface area is 162 Å². The number of benzene rings is 1. The van der Waals surface area contributed by atoms with Gasteiger partial charge in [0.2, 0.25) is 0 Å². The van der Waals surface area contributed by atoms with Crippen LogP contribution in [0.25, 0.3) is 0 Å². The van der Waals surface area contributed by atoms with E-state index in [1.54, 1.807) is 17.4 Å². The third kappa shape index (κ3) is 4.20. The van der Waals surface area contributed by atoms with Crippen molar-refractivity contribution < 1.29 is 9.90 Å². The van der Waals surface area contributed by atoms with E-state index in [0.717, 1.165) is 25.1 Å². The molecule has 0 spiro atoms. The summed E-state index contributed by atoms with van der Waals surface area (Å²) in [6.07, 6.45) is 2.35. The lowest BCUT2D eigenvalue weighted by atomic mass is 9.94. The summed E-state index contributed by atoms with van der Waals surface area (Å²) in [6.45, 7) is 3.65. The number of nitrogens with zero attached hydrogens (tertiary/aromatic N) is 1. The van der Waals surface area contributed by atoms with E-state index in [4.69, 9.17) is 23.2 Å². The Bertz CT molecular complexity index is 754. The molecule has 0 bridgehead atoms. The van der Waals surface area contributed by atoms with Gasteiger partial charge in [0.25, 0.3) is 0 Å². The largest absolute Gasteiger partial charge is 0.481 e. The van der Waals surface area contributed by atoms with Gasteiger partial charge in [-0.15, -0.1) is 11.3 Å². The van der Waals surface area contributed by atoms with Crippen molar-refractivity contribution >= 4 is 40.5 Å². The van der Waals surface area contributed by atoms with Crippen LogP contribution in [0.2, 0.25) is 10.0 Å². The molecule has 1 N–H and O–H groups in total. The number of hydrogen-bond acceptors (Lipinski definition) is 3. The van der Waals surface area contributed by atoms with Gasteiger partial charge in [-0.2, -0.15) is 0 Å². The Morgan fingerprint density at radius 3 is 2.56 bits per heavy atom. The van der Waals surface area contributed by atoms with Crippen LogP contribution >= 0.6 is 34.5 Å². The summed E-state index contributed by atoms with van der Waals surface area (Å²) in [5, 5.41) is 10.5. The fraction of sp³-hybridized carbons (Fsp3) is 0.421. The number of likely N-dealkylation sites (tertiary alicyclic amines) is 1. The van der Waals surface area contributed by atoms with E-state index in [9.17, 15) is 9.90 Å². The Hall–Kier alpha value is -1.07. The fourth-order valence-electron chi connectivity index (χ4n) is 3.39. The van der Waals surface area contributed by atoms with Crippen molar-refractivity contribution in [1.29, 1.82) is 0 Å². The Balaban J connectivity index is 1.93. The molecule has 0 radical (unpaired) electrons. The van der Waals surface area contributed by atoms with Crippen LogP contribution in [0.3, 0.4) is 0 Å². The van der Waals surface area contributed by atoms with Crippen LogP contribution in [0.15, 0.2) is 30.3 Å². The van der Waals surface area contributed by atoms with E-state index in [0.29, 0.717) is 22.9 Å². The van der Waals surface area contributed by atoms with Crippen LogP contribution in [0.5, 0.6) is 0 Å². The first-order valence-electron chi connectivity index (χ1n) is 8.50. The van der Waals surface area contributed by atoms with E-state index in [2.05, 4.69) is 24.0 Å². The van der Waals surface area contributed by atoms with Gasteiger partial charge in [-0.3, -0.25) is 9.69 Å². The number of hydrogen-bond donors (Lipinski definition) is 1. The second-order valence-corrected chi connectivity index (χ2v) is 8.42. The predicted molar refractivity (Wildman–Crippen MR) is 104 cm³/mol. The zero-order chi connectivity index (χ0) is 18.0. The Morgan fingerprint density at radius 1 is 1.28 bits per heavy atom. The van der Waals surface area contributed by atoms with Gasteiger partial charge >= 0.3 is 5.97 Å². The molecule has 6 heteroatoms. The summed E-state index contributed by atoms with van der Waals surface area (Å²) in [7, 11) is 0. The number of aliphatic carboxylic acids is 1. The van der Waals surface area contributed by atoms with Crippen molar-refractivity contribution in [2.45, 2.75) is 32.2 Å². The zero-order valence-electron chi connectivity index (χ0n) is 14.0. The number of carboxylic acids is 1. The van der Waals surface area contributed by atoms with Crippen LogP contribution in [-0.2, 0) is 11.2 Å². The van der Waals surface area contributed by atoms with Crippen LogP contribution in [0, 0.1) is 5.92 Å². The highest BCUT2D eigenvalue weighted by Gasteiger charge is 2.31. The summed E-state index contributed by atoms with van der Waals surface area (Å²) in [5.74, 6) is -0.933. The van der Waals surface area contributed by atoms with Gasteiger partial charge in [0.1, 0.15) is 0 Å².